The molecule has 0 aliphatic carbocycles. The third-order valence-corrected chi connectivity index (χ3v) is 2.86. The van der Waals surface area contributed by atoms with E-state index in [1.807, 2.05) is 12.1 Å². The molecule has 0 unspecified atom stereocenters. The predicted octanol–water partition coefficient (Wildman–Crippen LogP) is 1.48. The van der Waals surface area contributed by atoms with Gasteiger partial charge in [-0.15, -0.1) is 0 Å². The molecule has 0 spiro atoms. The van der Waals surface area contributed by atoms with Crippen LogP contribution in [0, 0.1) is 6.92 Å². The molecule has 1 heterocycles. The van der Waals surface area contributed by atoms with Gasteiger partial charge in [0, 0.05) is 0 Å². The number of methoxy groups -OCH3 is 2. The fourth-order valence-corrected chi connectivity index (χ4v) is 1.92. The summed E-state index contributed by atoms with van der Waals surface area (Å²) in [6.45, 7) is 2.44. The molecule has 0 aliphatic rings. The molecule has 7 heteroatoms. The average molecular weight is 293 g/mol. The number of benzene rings is 1. The summed E-state index contributed by atoms with van der Waals surface area (Å²) >= 11 is 0. The van der Waals surface area contributed by atoms with E-state index in [2.05, 4.69) is 10.1 Å². The standard InChI is InChI=1S/C14H19N3O4/c1-9-16-13(21-17-9)8-20-14-11(18-2)6-10(4-5-15)7-12(14)19-3/h6-7H,4-5,8,15H2,1-3H3. The number of ether oxygens (including phenoxy) is 3. The van der Waals surface area contributed by atoms with Gasteiger partial charge in [0.05, 0.1) is 14.2 Å². The van der Waals surface area contributed by atoms with E-state index >= 15 is 0 Å². The Kier molecular flexibility index (Phi) is 4.99. The summed E-state index contributed by atoms with van der Waals surface area (Å²) in [6.07, 6.45) is 0.732. The van der Waals surface area contributed by atoms with Gasteiger partial charge in [0.1, 0.15) is 0 Å². The van der Waals surface area contributed by atoms with E-state index in [1.165, 1.54) is 0 Å². The summed E-state index contributed by atoms with van der Waals surface area (Å²) in [5.74, 6) is 2.60. The van der Waals surface area contributed by atoms with Crippen LogP contribution in [0.3, 0.4) is 0 Å². The molecule has 7 nitrogen and oxygen atoms in total. The molecule has 1 aromatic carbocycles. The lowest BCUT2D eigenvalue weighted by Gasteiger charge is -2.15. The highest BCUT2D eigenvalue weighted by Gasteiger charge is 2.15. The van der Waals surface area contributed by atoms with E-state index in [1.54, 1.807) is 21.1 Å². The molecule has 0 bridgehead atoms. The Morgan fingerprint density at radius 1 is 1.19 bits per heavy atom. The van der Waals surface area contributed by atoms with E-state index in [-0.39, 0.29) is 6.61 Å². The van der Waals surface area contributed by atoms with Crippen molar-refractivity contribution in [3.8, 4) is 17.2 Å². The second-order valence-corrected chi connectivity index (χ2v) is 4.39. The number of hydrogen-bond donors (Lipinski definition) is 1. The highest BCUT2D eigenvalue weighted by molar-refractivity contribution is 5.54. The van der Waals surface area contributed by atoms with Gasteiger partial charge in [0.25, 0.3) is 5.89 Å². The first kappa shape index (κ1) is 15.1. The second-order valence-electron chi connectivity index (χ2n) is 4.39. The molecule has 114 valence electrons. The SMILES string of the molecule is COc1cc(CCN)cc(OC)c1OCc1nc(C)no1. The summed E-state index contributed by atoms with van der Waals surface area (Å²) in [5, 5.41) is 3.71. The fourth-order valence-electron chi connectivity index (χ4n) is 1.92. The summed E-state index contributed by atoms with van der Waals surface area (Å²) < 4.78 is 21.4. The maximum absolute atomic E-state index is 5.71. The Hall–Kier alpha value is -2.28. The lowest BCUT2D eigenvalue weighted by atomic mass is 10.1. The van der Waals surface area contributed by atoms with Crippen LogP contribution in [0.5, 0.6) is 17.2 Å². The molecule has 0 fully saturated rings. The monoisotopic (exact) mass is 293 g/mol. The minimum absolute atomic E-state index is 0.143. The zero-order valence-corrected chi connectivity index (χ0v) is 12.4. The van der Waals surface area contributed by atoms with Crippen LogP contribution in [0.25, 0.3) is 0 Å². The maximum Gasteiger partial charge on any atom is 0.264 e. The van der Waals surface area contributed by atoms with Gasteiger partial charge < -0.3 is 24.5 Å². The first-order valence-corrected chi connectivity index (χ1v) is 6.55. The smallest absolute Gasteiger partial charge is 0.264 e. The van der Waals surface area contributed by atoms with Crippen LogP contribution in [-0.4, -0.2) is 30.9 Å². The normalized spacial score (nSPS) is 10.5. The Morgan fingerprint density at radius 3 is 2.33 bits per heavy atom. The van der Waals surface area contributed by atoms with Crippen LogP contribution in [0.15, 0.2) is 16.7 Å². The number of rotatable bonds is 7. The molecule has 0 saturated heterocycles. The van der Waals surface area contributed by atoms with Gasteiger partial charge in [0.2, 0.25) is 5.75 Å². The molecule has 2 rings (SSSR count). The third kappa shape index (κ3) is 3.63. The van der Waals surface area contributed by atoms with Crippen molar-refractivity contribution in [3.05, 3.63) is 29.4 Å². The number of aromatic nitrogens is 2. The Labute approximate surface area is 123 Å². The van der Waals surface area contributed by atoms with Gasteiger partial charge in [-0.05, 0) is 37.6 Å². The van der Waals surface area contributed by atoms with Crippen molar-refractivity contribution < 1.29 is 18.7 Å². The number of nitrogens with two attached hydrogens (primary N) is 1. The quantitative estimate of drug-likeness (QED) is 0.826. The van der Waals surface area contributed by atoms with Crippen LogP contribution in [-0.2, 0) is 13.0 Å². The first-order valence-electron chi connectivity index (χ1n) is 6.55. The topological polar surface area (TPSA) is 92.6 Å². The molecule has 2 N–H and O–H groups in total. The molecule has 1 aromatic heterocycles. The van der Waals surface area contributed by atoms with Crippen LogP contribution >= 0.6 is 0 Å². The number of aryl methyl sites for hydroxylation is 1. The van der Waals surface area contributed by atoms with Crippen LogP contribution in [0.4, 0.5) is 0 Å². The van der Waals surface area contributed by atoms with Gasteiger partial charge in [-0.3, -0.25) is 0 Å². The van der Waals surface area contributed by atoms with Crippen molar-refractivity contribution in [1.82, 2.24) is 10.1 Å². The lowest BCUT2D eigenvalue weighted by Crippen LogP contribution is -2.05. The summed E-state index contributed by atoms with van der Waals surface area (Å²) in [4.78, 5) is 4.08. The Bertz CT molecular complexity index is 573. The Morgan fingerprint density at radius 2 is 1.86 bits per heavy atom. The molecule has 0 aliphatic heterocycles. The average Bonchev–Trinajstić information content (AvgIpc) is 2.90. The minimum Gasteiger partial charge on any atom is -0.493 e. The van der Waals surface area contributed by atoms with Gasteiger partial charge in [-0.25, -0.2) is 0 Å². The zero-order chi connectivity index (χ0) is 15.2. The lowest BCUT2D eigenvalue weighted by molar-refractivity contribution is 0.223. The van der Waals surface area contributed by atoms with Crippen molar-refractivity contribution >= 4 is 0 Å². The van der Waals surface area contributed by atoms with Crippen molar-refractivity contribution in [2.75, 3.05) is 20.8 Å². The summed E-state index contributed by atoms with van der Waals surface area (Å²) in [7, 11) is 3.15. The molecule has 0 saturated carbocycles. The van der Waals surface area contributed by atoms with Gasteiger partial charge in [0.15, 0.2) is 23.9 Å². The highest BCUT2D eigenvalue weighted by Crippen LogP contribution is 2.39. The van der Waals surface area contributed by atoms with Crippen LogP contribution in [0.1, 0.15) is 17.3 Å². The van der Waals surface area contributed by atoms with E-state index in [0.29, 0.717) is 35.5 Å². The molecular formula is C14H19N3O4. The fraction of sp³-hybridized carbons (Fsp3) is 0.429. The van der Waals surface area contributed by atoms with Crippen LogP contribution in [0.2, 0.25) is 0 Å². The molecule has 0 atom stereocenters. The highest BCUT2D eigenvalue weighted by atomic mass is 16.5. The number of hydrogen-bond acceptors (Lipinski definition) is 7. The molecule has 0 amide bonds. The molecular weight excluding hydrogens is 274 g/mol. The van der Waals surface area contributed by atoms with Crippen molar-refractivity contribution in [3.63, 3.8) is 0 Å². The zero-order valence-electron chi connectivity index (χ0n) is 12.4. The second kappa shape index (κ2) is 6.94. The third-order valence-electron chi connectivity index (χ3n) is 2.86. The maximum atomic E-state index is 5.71. The van der Waals surface area contributed by atoms with E-state index in [9.17, 15) is 0 Å². The minimum atomic E-state index is 0.143. The first-order chi connectivity index (χ1) is 10.2. The van der Waals surface area contributed by atoms with Crippen molar-refractivity contribution in [1.29, 1.82) is 0 Å². The predicted molar refractivity (Wildman–Crippen MR) is 75.7 cm³/mol. The summed E-state index contributed by atoms with van der Waals surface area (Å²) in [6, 6.07) is 3.76. The van der Waals surface area contributed by atoms with E-state index in [0.717, 1.165) is 12.0 Å². The largest absolute Gasteiger partial charge is 0.493 e. The van der Waals surface area contributed by atoms with Gasteiger partial charge in [-0.1, -0.05) is 5.16 Å². The molecule has 2 aromatic rings. The van der Waals surface area contributed by atoms with Crippen LogP contribution < -0.4 is 19.9 Å². The van der Waals surface area contributed by atoms with Gasteiger partial charge in [-0.2, -0.15) is 4.98 Å². The molecule has 0 radical (unpaired) electrons. The van der Waals surface area contributed by atoms with E-state index < -0.39 is 0 Å². The van der Waals surface area contributed by atoms with E-state index in [4.69, 9.17) is 24.5 Å². The van der Waals surface area contributed by atoms with Gasteiger partial charge >= 0.3 is 0 Å². The van der Waals surface area contributed by atoms with Crippen molar-refractivity contribution in [2.45, 2.75) is 20.0 Å². The molecule has 21 heavy (non-hydrogen) atoms. The number of nitrogens with zero attached hydrogens (tertiary/aromatic N) is 2. The Balaban J connectivity index is 2.23. The summed E-state index contributed by atoms with van der Waals surface area (Å²) in [5.41, 5.74) is 6.60. The van der Waals surface area contributed by atoms with Crippen molar-refractivity contribution in [2.24, 2.45) is 5.73 Å².